The molecule has 0 aliphatic carbocycles. The summed E-state index contributed by atoms with van der Waals surface area (Å²) in [5, 5.41) is 0. The Balaban J connectivity index is 2.48. The number of anilines is 1. The molecule has 6 heteroatoms. The summed E-state index contributed by atoms with van der Waals surface area (Å²) in [6, 6.07) is 5.03. The maximum absolute atomic E-state index is 11.7. The molecule has 0 unspecified atom stereocenters. The maximum atomic E-state index is 11.7. The van der Waals surface area contributed by atoms with E-state index >= 15 is 0 Å². The van der Waals surface area contributed by atoms with Gasteiger partial charge >= 0.3 is 0 Å². The molecule has 0 spiro atoms. The van der Waals surface area contributed by atoms with Gasteiger partial charge in [0.05, 0.1) is 11.9 Å². The van der Waals surface area contributed by atoms with Crippen molar-refractivity contribution in [3.8, 4) is 0 Å². The number of carbonyl (C=O) groups is 1. The minimum atomic E-state index is -3.31. The van der Waals surface area contributed by atoms with Gasteiger partial charge in [-0.3, -0.25) is 9.52 Å². The molecule has 0 saturated carbocycles. The van der Waals surface area contributed by atoms with Gasteiger partial charge in [-0.2, -0.15) is 0 Å². The van der Waals surface area contributed by atoms with E-state index in [2.05, 4.69) is 4.72 Å². The van der Waals surface area contributed by atoms with Crippen LogP contribution in [0.1, 0.15) is 15.9 Å². The second-order valence-corrected chi connectivity index (χ2v) is 5.62. The van der Waals surface area contributed by atoms with Crippen molar-refractivity contribution in [2.75, 3.05) is 18.0 Å². The summed E-state index contributed by atoms with van der Waals surface area (Å²) < 4.78 is 24.7. The highest BCUT2D eigenvalue weighted by atomic mass is 32.2. The Labute approximate surface area is 94.1 Å². The van der Waals surface area contributed by atoms with Crippen LogP contribution in [0.4, 0.5) is 5.69 Å². The van der Waals surface area contributed by atoms with Crippen molar-refractivity contribution >= 4 is 21.6 Å². The van der Waals surface area contributed by atoms with Crippen LogP contribution in [0.15, 0.2) is 18.2 Å². The number of rotatable bonds is 2. The Bertz CT molecular complexity index is 551. The van der Waals surface area contributed by atoms with Crippen molar-refractivity contribution in [3.63, 3.8) is 0 Å². The zero-order chi connectivity index (χ0) is 11.9. The van der Waals surface area contributed by atoms with Gasteiger partial charge in [0.25, 0.3) is 5.91 Å². The van der Waals surface area contributed by atoms with Gasteiger partial charge in [-0.05, 0) is 12.1 Å². The van der Waals surface area contributed by atoms with Crippen molar-refractivity contribution in [3.05, 3.63) is 29.3 Å². The number of hydrogen-bond acceptors (Lipinski definition) is 3. The number of nitrogens with zero attached hydrogens (tertiary/aromatic N) is 1. The van der Waals surface area contributed by atoms with Crippen molar-refractivity contribution < 1.29 is 13.2 Å². The Morgan fingerprint density at radius 2 is 2.06 bits per heavy atom. The van der Waals surface area contributed by atoms with Crippen molar-refractivity contribution in [1.29, 1.82) is 0 Å². The van der Waals surface area contributed by atoms with Gasteiger partial charge < -0.3 is 4.90 Å². The largest absolute Gasteiger partial charge is 0.337 e. The van der Waals surface area contributed by atoms with E-state index in [9.17, 15) is 13.2 Å². The van der Waals surface area contributed by atoms with E-state index in [4.69, 9.17) is 0 Å². The first kappa shape index (κ1) is 10.9. The molecule has 0 saturated heterocycles. The zero-order valence-corrected chi connectivity index (χ0v) is 9.84. The molecule has 1 N–H and O–H groups in total. The maximum Gasteiger partial charge on any atom is 0.254 e. The second-order valence-electron chi connectivity index (χ2n) is 3.87. The predicted octanol–water partition coefficient (Wildman–Crippen LogP) is 0.644. The van der Waals surface area contributed by atoms with Gasteiger partial charge in [-0.1, -0.05) is 6.07 Å². The van der Waals surface area contributed by atoms with Gasteiger partial charge in [-0.15, -0.1) is 0 Å². The fourth-order valence-electron chi connectivity index (χ4n) is 1.77. The van der Waals surface area contributed by atoms with Crippen LogP contribution in [-0.2, 0) is 16.6 Å². The molecule has 1 aromatic carbocycles. The van der Waals surface area contributed by atoms with Gasteiger partial charge in [-0.25, -0.2) is 8.42 Å². The second kappa shape index (κ2) is 3.48. The monoisotopic (exact) mass is 240 g/mol. The molecule has 1 aliphatic rings. The molecular formula is C10H12N2O3S. The van der Waals surface area contributed by atoms with E-state index in [-0.39, 0.29) is 5.91 Å². The summed E-state index contributed by atoms with van der Waals surface area (Å²) in [5.74, 6) is -0.0767. The lowest BCUT2D eigenvalue weighted by Crippen LogP contribution is -2.17. The Morgan fingerprint density at radius 1 is 1.38 bits per heavy atom. The zero-order valence-electron chi connectivity index (χ0n) is 9.02. The van der Waals surface area contributed by atoms with E-state index in [1.807, 2.05) is 0 Å². The summed E-state index contributed by atoms with van der Waals surface area (Å²) in [6.07, 6.45) is 1.09. The summed E-state index contributed by atoms with van der Waals surface area (Å²) >= 11 is 0. The predicted molar refractivity (Wildman–Crippen MR) is 60.7 cm³/mol. The van der Waals surface area contributed by atoms with Crippen LogP contribution in [0.2, 0.25) is 0 Å². The quantitative estimate of drug-likeness (QED) is 0.825. The SMILES string of the molecule is CN1Cc2c(NS(C)(=O)=O)cccc2C1=O. The third-order valence-electron chi connectivity index (χ3n) is 2.44. The number of nitrogens with one attached hydrogen (secondary N) is 1. The highest BCUT2D eigenvalue weighted by molar-refractivity contribution is 7.92. The highest BCUT2D eigenvalue weighted by Crippen LogP contribution is 2.28. The number of sulfonamides is 1. The summed E-state index contributed by atoms with van der Waals surface area (Å²) in [6.45, 7) is 0.437. The molecule has 0 bridgehead atoms. The van der Waals surface area contributed by atoms with Crippen molar-refractivity contribution in [2.24, 2.45) is 0 Å². The molecule has 1 amide bonds. The molecule has 0 fully saturated rings. The smallest absolute Gasteiger partial charge is 0.254 e. The molecule has 5 nitrogen and oxygen atoms in total. The van der Waals surface area contributed by atoms with Gasteiger partial charge in [0.2, 0.25) is 10.0 Å². The molecule has 1 heterocycles. The van der Waals surface area contributed by atoms with Gasteiger partial charge in [0.1, 0.15) is 0 Å². The average molecular weight is 240 g/mol. The standard InChI is InChI=1S/C10H12N2O3S/c1-12-6-8-7(10(12)13)4-3-5-9(8)11-16(2,14)15/h3-5,11H,6H2,1-2H3. The van der Waals surface area contributed by atoms with Crippen LogP contribution >= 0.6 is 0 Å². The first-order valence-corrected chi connectivity index (χ1v) is 6.63. The van der Waals surface area contributed by atoms with Gasteiger partial charge in [0.15, 0.2) is 0 Å². The van der Waals surface area contributed by atoms with Crippen LogP contribution in [0.25, 0.3) is 0 Å². The molecule has 1 aromatic rings. The molecule has 86 valence electrons. The first-order valence-electron chi connectivity index (χ1n) is 4.73. The minimum Gasteiger partial charge on any atom is -0.337 e. The first-order chi connectivity index (χ1) is 7.38. The van der Waals surface area contributed by atoms with E-state index in [0.717, 1.165) is 11.8 Å². The lowest BCUT2D eigenvalue weighted by atomic mass is 10.1. The molecule has 0 radical (unpaired) electrons. The fourth-order valence-corrected chi connectivity index (χ4v) is 2.36. The van der Waals surface area contributed by atoms with E-state index in [0.29, 0.717) is 17.8 Å². The van der Waals surface area contributed by atoms with E-state index < -0.39 is 10.0 Å². The number of fused-ring (bicyclic) bond motifs is 1. The number of carbonyl (C=O) groups excluding carboxylic acids is 1. The normalized spacial score (nSPS) is 15.1. The fraction of sp³-hybridized carbons (Fsp3) is 0.300. The topological polar surface area (TPSA) is 66.5 Å². The third-order valence-corrected chi connectivity index (χ3v) is 3.03. The van der Waals surface area contributed by atoms with E-state index in [1.54, 1.807) is 30.1 Å². The van der Waals surface area contributed by atoms with Crippen molar-refractivity contribution in [2.45, 2.75) is 6.54 Å². The molecular weight excluding hydrogens is 228 g/mol. The van der Waals surface area contributed by atoms with Gasteiger partial charge in [0, 0.05) is 24.7 Å². The average Bonchev–Trinajstić information content (AvgIpc) is 2.43. The summed E-state index contributed by atoms with van der Waals surface area (Å²) in [7, 11) is -1.63. The van der Waals surface area contributed by atoms with Crippen LogP contribution < -0.4 is 4.72 Å². The molecule has 0 aromatic heterocycles. The Morgan fingerprint density at radius 3 is 2.69 bits per heavy atom. The van der Waals surface area contributed by atoms with E-state index in [1.165, 1.54) is 0 Å². The molecule has 16 heavy (non-hydrogen) atoms. The molecule has 2 rings (SSSR count). The van der Waals surface area contributed by atoms with Crippen LogP contribution in [0.3, 0.4) is 0 Å². The number of benzene rings is 1. The van der Waals surface area contributed by atoms with Crippen molar-refractivity contribution in [1.82, 2.24) is 4.90 Å². The lowest BCUT2D eigenvalue weighted by Gasteiger charge is -2.08. The Kier molecular flexibility index (Phi) is 2.38. The summed E-state index contributed by atoms with van der Waals surface area (Å²) in [5.41, 5.74) is 1.79. The molecule has 0 atom stereocenters. The van der Waals surface area contributed by atoms with Crippen LogP contribution in [-0.4, -0.2) is 32.5 Å². The Hall–Kier alpha value is -1.56. The van der Waals surface area contributed by atoms with Crippen LogP contribution in [0.5, 0.6) is 0 Å². The number of amides is 1. The third kappa shape index (κ3) is 1.88. The van der Waals surface area contributed by atoms with Crippen LogP contribution in [0, 0.1) is 0 Å². The summed E-state index contributed by atoms with van der Waals surface area (Å²) in [4.78, 5) is 13.2. The highest BCUT2D eigenvalue weighted by Gasteiger charge is 2.26. The lowest BCUT2D eigenvalue weighted by molar-refractivity contribution is 0.0816. The molecule has 1 aliphatic heterocycles. The number of hydrogen-bond donors (Lipinski definition) is 1. The minimum absolute atomic E-state index is 0.0767.